The molecule has 0 saturated carbocycles. The molecule has 0 radical (unpaired) electrons. The molecule has 0 bridgehead atoms. The van der Waals surface area contributed by atoms with E-state index >= 15 is 0 Å². The number of hydrogen-bond acceptors (Lipinski definition) is 3. The van der Waals surface area contributed by atoms with Gasteiger partial charge < -0.3 is 14.1 Å². The zero-order valence-electron chi connectivity index (χ0n) is 15.4. The van der Waals surface area contributed by atoms with E-state index < -0.39 is 0 Å². The van der Waals surface area contributed by atoms with Gasteiger partial charge in [0.1, 0.15) is 11.5 Å². The van der Waals surface area contributed by atoms with Gasteiger partial charge in [-0.1, -0.05) is 13.0 Å². The second-order valence-electron chi connectivity index (χ2n) is 6.78. The lowest BCUT2D eigenvalue weighted by molar-refractivity contribution is 0.245. The van der Waals surface area contributed by atoms with Gasteiger partial charge in [0, 0.05) is 19.5 Å². The maximum absolute atomic E-state index is 5.49. The van der Waals surface area contributed by atoms with Crippen molar-refractivity contribution in [2.75, 3.05) is 26.7 Å². The molecule has 1 atom stereocenters. The summed E-state index contributed by atoms with van der Waals surface area (Å²) in [5.41, 5.74) is 3.01. The lowest BCUT2D eigenvalue weighted by Crippen LogP contribution is -2.32. The van der Waals surface area contributed by atoms with Gasteiger partial charge in [-0.05, 0) is 73.5 Å². The third-order valence-electron chi connectivity index (χ3n) is 5.06. The van der Waals surface area contributed by atoms with Crippen molar-refractivity contribution in [3.05, 3.63) is 53.5 Å². The van der Waals surface area contributed by atoms with E-state index in [1.54, 1.807) is 13.4 Å². The first kappa shape index (κ1) is 19.9. The van der Waals surface area contributed by atoms with Crippen LogP contribution >= 0.6 is 12.4 Å². The fraction of sp³-hybridized carbons (Fsp3) is 0.524. The number of furan rings is 1. The third-order valence-corrected chi connectivity index (χ3v) is 5.06. The van der Waals surface area contributed by atoms with E-state index in [-0.39, 0.29) is 12.4 Å². The van der Waals surface area contributed by atoms with Crippen LogP contribution in [0.5, 0.6) is 5.75 Å². The van der Waals surface area contributed by atoms with Gasteiger partial charge in [0.25, 0.3) is 0 Å². The van der Waals surface area contributed by atoms with Crippen molar-refractivity contribution < 1.29 is 9.15 Å². The molecule has 0 amide bonds. The van der Waals surface area contributed by atoms with E-state index in [0.29, 0.717) is 5.92 Å². The molecule has 4 heteroatoms. The summed E-state index contributed by atoms with van der Waals surface area (Å²) in [5, 5.41) is 0. The van der Waals surface area contributed by atoms with E-state index in [1.807, 2.05) is 6.07 Å². The van der Waals surface area contributed by atoms with Crippen molar-refractivity contribution in [3.8, 4) is 5.75 Å². The molecular weight excluding hydrogens is 334 g/mol. The van der Waals surface area contributed by atoms with Gasteiger partial charge in [-0.15, -0.1) is 12.4 Å². The van der Waals surface area contributed by atoms with Crippen LogP contribution in [0.2, 0.25) is 0 Å². The molecule has 2 aromatic rings. The standard InChI is InChI=1S/C21H29NO2.ClH/c1-3-12-22(13-11-19-8-5-14-24-19)16-18-7-4-6-17-15-20(23-2)9-10-21(17)18;/h5,8-10,14-15,18H,3-4,6-7,11-13,16H2,1-2H3;1H. The molecule has 0 aliphatic heterocycles. The summed E-state index contributed by atoms with van der Waals surface area (Å²) >= 11 is 0. The Labute approximate surface area is 157 Å². The molecule has 25 heavy (non-hydrogen) atoms. The SMILES string of the molecule is CCCN(CCc1ccco1)CC1CCCc2cc(OC)ccc21.Cl. The second kappa shape index (κ2) is 9.88. The Morgan fingerprint density at radius 2 is 2.12 bits per heavy atom. The monoisotopic (exact) mass is 363 g/mol. The van der Waals surface area contributed by atoms with E-state index in [0.717, 1.165) is 37.6 Å². The third kappa shape index (κ3) is 5.26. The minimum atomic E-state index is 0. The maximum Gasteiger partial charge on any atom is 0.119 e. The molecule has 1 unspecified atom stereocenters. The van der Waals surface area contributed by atoms with Gasteiger partial charge >= 0.3 is 0 Å². The molecule has 1 aliphatic rings. The van der Waals surface area contributed by atoms with Gasteiger partial charge in [0.2, 0.25) is 0 Å². The molecule has 1 aromatic heterocycles. The summed E-state index contributed by atoms with van der Waals surface area (Å²) in [4.78, 5) is 2.60. The van der Waals surface area contributed by atoms with E-state index in [9.17, 15) is 0 Å². The van der Waals surface area contributed by atoms with Crippen molar-refractivity contribution in [2.24, 2.45) is 0 Å². The van der Waals surface area contributed by atoms with E-state index in [1.165, 1.54) is 36.8 Å². The van der Waals surface area contributed by atoms with Crippen LogP contribution in [0, 0.1) is 0 Å². The number of benzene rings is 1. The average Bonchev–Trinajstić information content (AvgIpc) is 3.13. The van der Waals surface area contributed by atoms with Crippen molar-refractivity contribution in [1.29, 1.82) is 0 Å². The highest BCUT2D eigenvalue weighted by atomic mass is 35.5. The quantitative estimate of drug-likeness (QED) is 0.653. The van der Waals surface area contributed by atoms with Crippen LogP contribution in [-0.2, 0) is 12.8 Å². The smallest absolute Gasteiger partial charge is 0.119 e. The highest BCUT2D eigenvalue weighted by Gasteiger charge is 2.22. The Morgan fingerprint density at radius 3 is 2.84 bits per heavy atom. The van der Waals surface area contributed by atoms with Crippen LogP contribution in [0.3, 0.4) is 0 Å². The summed E-state index contributed by atoms with van der Waals surface area (Å²) in [6.07, 6.45) is 7.71. The summed E-state index contributed by atoms with van der Waals surface area (Å²) in [5.74, 6) is 2.71. The zero-order chi connectivity index (χ0) is 16.8. The van der Waals surface area contributed by atoms with Crippen molar-refractivity contribution in [2.45, 2.75) is 44.9 Å². The highest BCUT2D eigenvalue weighted by molar-refractivity contribution is 5.85. The molecule has 3 rings (SSSR count). The lowest BCUT2D eigenvalue weighted by atomic mass is 9.82. The minimum absolute atomic E-state index is 0. The summed E-state index contributed by atoms with van der Waals surface area (Å²) in [6.45, 7) is 5.64. The molecule has 1 aliphatic carbocycles. The molecule has 3 nitrogen and oxygen atoms in total. The number of ether oxygens (including phenoxy) is 1. The number of nitrogens with zero attached hydrogens (tertiary/aromatic N) is 1. The van der Waals surface area contributed by atoms with Crippen LogP contribution in [0.25, 0.3) is 0 Å². The molecule has 0 fully saturated rings. The molecule has 1 heterocycles. The van der Waals surface area contributed by atoms with Gasteiger partial charge in [-0.2, -0.15) is 0 Å². The van der Waals surface area contributed by atoms with Crippen molar-refractivity contribution in [3.63, 3.8) is 0 Å². The topological polar surface area (TPSA) is 25.6 Å². The Hall–Kier alpha value is -1.45. The Kier molecular flexibility index (Phi) is 7.86. The number of hydrogen-bond donors (Lipinski definition) is 0. The molecule has 0 N–H and O–H groups in total. The number of halogens is 1. The minimum Gasteiger partial charge on any atom is -0.497 e. The normalized spacial score (nSPS) is 16.4. The van der Waals surface area contributed by atoms with Crippen LogP contribution in [0.1, 0.15) is 49.0 Å². The van der Waals surface area contributed by atoms with Gasteiger partial charge in [-0.3, -0.25) is 0 Å². The molecular formula is C21H30ClNO2. The molecule has 0 saturated heterocycles. The van der Waals surface area contributed by atoms with Gasteiger partial charge in [0.05, 0.1) is 13.4 Å². The average molecular weight is 364 g/mol. The molecule has 1 aromatic carbocycles. The number of methoxy groups -OCH3 is 1. The predicted octanol–water partition coefficient (Wildman–Crippen LogP) is 5.08. The summed E-state index contributed by atoms with van der Waals surface area (Å²) in [6, 6.07) is 10.7. The molecule has 0 spiro atoms. The highest BCUT2D eigenvalue weighted by Crippen LogP contribution is 2.34. The number of rotatable bonds is 8. The fourth-order valence-corrected chi connectivity index (χ4v) is 3.85. The zero-order valence-corrected chi connectivity index (χ0v) is 16.2. The van der Waals surface area contributed by atoms with E-state index in [4.69, 9.17) is 9.15 Å². The van der Waals surface area contributed by atoms with E-state index in [2.05, 4.69) is 36.1 Å². The van der Waals surface area contributed by atoms with Crippen molar-refractivity contribution >= 4 is 12.4 Å². The number of aryl methyl sites for hydroxylation is 1. The van der Waals surface area contributed by atoms with Gasteiger partial charge in [-0.25, -0.2) is 0 Å². The Bertz CT molecular complexity index is 627. The van der Waals surface area contributed by atoms with Crippen LogP contribution in [0.15, 0.2) is 41.0 Å². The van der Waals surface area contributed by atoms with Crippen LogP contribution in [-0.4, -0.2) is 31.6 Å². The number of fused-ring (bicyclic) bond motifs is 1. The first-order valence-corrected chi connectivity index (χ1v) is 9.21. The van der Waals surface area contributed by atoms with Crippen LogP contribution in [0.4, 0.5) is 0 Å². The Balaban J connectivity index is 0.00000225. The first-order chi connectivity index (χ1) is 11.8. The molecule has 138 valence electrons. The van der Waals surface area contributed by atoms with Crippen molar-refractivity contribution in [1.82, 2.24) is 4.90 Å². The fourth-order valence-electron chi connectivity index (χ4n) is 3.85. The van der Waals surface area contributed by atoms with Crippen LogP contribution < -0.4 is 4.74 Å². The largest absolute Gasteiger partial charge is 0.497 e. The summed E-state index contributed by atoms with van der Waals surface area (Å²) in [7, 11) is 1.75. The maximum atomic E-state index is 5.49. The summed E-state index contributed by atoms with van der Waals surface area (Å²) < 4.78 is 10.9. The van der Waals surface area contributed by atoms with Gasteiger partial charge in [0.15, 0.2) is 0 Å². The predicted molar refractivity (Wildman–Crippen MR) is 105 cm³/mol. The first-order valence-electron chi connectivity index (χ1n) is 9.21. The Morgan fingerprint density at radius 1 is 1.24 bits per heavy atom. The second-order valence-corrected chi connectivity index (χ2v) is 6.78. The lowest BCUT2D eigenvalue weighted by Gasteiger charge is -2.31.